The standard InChI is InChI=1S/C10H21NO2S/c1-9(2)14(12,13)10(8-11)6-4-3-5-7-10/h9H,3-8,11H2,1-2H3. The van der Waals surface area contributed by atoms with Crippen molar-refractivity contribution in [3.8, 4) is 0 Å². The zero-order valence-electron chi connectivity index (χ0n) is 9.12. The van der Waals surface area contributed by atoms with Gasteiger partial charge in [-0.1, -0.05) is 19.3 Å². The third-order valence-electron chi connectivity index (χ3n) is 3.36. The van der Waals surface area contributed by atoms with Gasteiger partial charge in [-0.15, -0.1) is 0 Å². The average Bonchev–Trinajstić information content (AvgIpc) is 2.18. The van der Waals surface area contributed by atoms with Crippen molar-refractivity contribution in [1.82, 2.24) is 0 Å². The third kappa shape index (κ3) is 1.82. The number of nitrogens with two attached hydrogens (primary N) is 1. The topological polar surface area (TPSA) is 60.2 Å². The summed E-state index contributed by atoms with van der Waals surface area (Å²) in [6.45, 7) is 3.79. The fourth-order valence-electron chi connectivity index (χ4n) is 2.30. The molecule has 1 saturated carbocycles. The lowest BCUT2D eigenvalue weighted by Gasteiger charge is -2.37. The first-order valence-electron chi connectivity index (χ1n) is 5.40. The number of rotatable bonds is 3. The molecule has 0 unspecified atom stereocenters. The molecule has 1 fully saturated rings. The van der Waals surface area contributed by atoms with Crippen LogP contribution in [0.3, 0.4) is 0 Å². The van der Waals surface area contributed by atoms with Crippen molar-refractivity contribution in [3.63, 3.8) is 0 Å². The van der Waals surface area contributed by atoms with Gasteiger partial charge in [-0.05, 0) is 26.7 Å². The van der Waals surface area contributed by atoms with Crippen molar-refractivity contribution < 1.29 is 8.42 Å². The zero-order chi connectivity index (χ0) is 10.8. The molecule has 4 heteroatoms. The second-order valence-electron chi connectivity index (χ2n) is 4.54. The Morgan fingerprint density at radius 2 is 1.71 bits per heavy atom. The highest BCUT2D eigenvalue weighted by Gasteiger charge is 2.44. The Kier molecular flexibility index (Phi) is 3.58. The van der Waals surface area contributed by atoms with Gasteiger partial charge in [0.1, 0.15) is 0 Å². The molecule has 0 atom stereocenters. The molecule has 1 aliphatic carbocycles. The summed E-state index contributed by atoms with van der Waals surface area (Å²) in [6, 6.07) is 0. The summed E-state index contributed by atoms with van der Waals surface area (Å²) >= 11 is 0. The van der Waals surface area contributed by atoms with Crippen LogP contribution in [0.5, 0.6) is 0 Å². The molecule has 2 N–H and O–H groups in total. The highest BCUT2D eigenvalue weighted by molar-refractivity contribution is 7.93. The van der Waals surface area contributed by atoms with Crippen molar-refractivity contribution in [3.05, 3.63) is 0 Å². The molecule has 0 saturated heterocycles. The highest BCUT2D eigenvalue weighted by atomic mass is 32.2. The lowest BCUT2D eigenvalue weighted by molar-refractivity contribution is 0.375. The van der Waals surface area contributed by atoms with Crippen molar-refractivity contribution in [1.29, 1.82) is 0 Å². The lowest BCUT2D eigenvalue weighted by Crippen LogP contribution is -2.50. The van der Waals surface area contributed by atoms with E-state index in [4.69, 9.17) is 5.73 Å². The molecular weight excluding hydrogens is 198 g/mol. The minimum atomic E-state index is -3.04. The summed E-state index contributed by atoms with van der Waals surface area (Å²) in [4.78, 5) is 0. The highest BCUT2D eigenvalue weighted by Crippen LogP contribution is 2.36. The zero-order valence-corrected chi connectivity index (χ0v) is 9.94. The summed E-state index contributed by atoms with van der Waals surface area (Å²) in [5.74, 6) is 0. The van der Waals surface area contributed by atoms with Crippen molar-refractivity contribution in [2.24, 2.45) is 5.73 Å². The van der Waals surface area contributed by atoms with E-state index < -0.39 is 14.6 Å². The van der Waals surface area contributed by atoms with Crippen LogP contribution in [0.1, 0.15) is 46.0 Å². The minimum Gasteiger partial charge on any atom is -0.329 e. The predicted octanol–water partition coefficient (Wildman–Crippen LogP) is 1.47. The van der Waals surface area contributed by atoms with Gasteiger partial charge in [0.25, 0.3) is 0 Å². The molecule has 0 spiro atoms. The molecule has 0 radical (unpaired) electrons. The molecule has 1 aliphatic rings. The molecular formula is C10H21NO2S. The van der Waals surface area contributed by atoms with Gasteiger partial charge in [0.2, 0.25) is 0 Å². The molecule has 3 nitrogen and oxygen atoms in total. The van der Waals surface area contributed by atoms with Crippen LogP contribution in [0.15, 0.2) is 0 Å². The van der Waals surface area contributed by atoms with Crippen molar-refractivity contribution in [2.45, 2.75) is 55.9 Å². The first-order chi connectivity index (χ1) is 6.46. The Labute approximate surface area is 87.0 Å². The van der Waals surface area contributed by atoms with Gasteiger partial charge in [0, 0.05) is 6.54 Å². The van der Waals surface area contributed by atoms with Crippen LogP contribution in [-0.4, -0.2) is 25.0 Å². The average molecular weight is 219 g/mol. The van der Waals surface area contributed by atoms with Crippen LogP contribution in [0.2, 0.25) is 0 Å². The van der Waals surface area contributed by atoms with Crippen LogP contribution < -0.4 is 5.73 Å². The molecule has 0 bridgehead atoms. The molecule has 0 amide bonds. The Morgan fingerprint density at radius 3 is 2.07 bits per heavy atom. The number of hydrogen-bond donors (Lipinski definition) is 1. The largest absolute Gasteiger partial charge is 0.329 e. The fourth-order valence-corrected chi connectivity index (χ4v) is 4.39. The second-order valence-corrected chi connectivity index (χ2v) is 7.44. The van der Waals surface area contributed by atoms with Gasteiger partial charge in [-0.25, -0.2) is 8.42 Å². The van der Waals surface area contributed by atoms with E-state index in [9.17, 15) is 8.42 Å². The SMILES string of the molecule is CC(C)S(=O)(=O)C1(CN)CCCCC1. The molecule has 1 rings (SSSR count). The monoisotopic (exact) mass is 219 g/mol. The van der Waals surface area contributed by atoms with Crippen molar-refractivity contribution >= 4 is 9.84 Å². The van der Waals surface area contributed by atoms with Gasteiger partial charge in [-0.2, -0.15) is 0 Å². The number of hydrogen-bond acceptors (Lipinski definition) is 3. The maximum Gasteiger partial charge on any atom is 0.159 e. The van der Waals surface area contributed by atoms with Crippen LogP contribution in [-0.2, 0) is 9.84 Å². The maximum absolute atomic E-state index is 12.2. The normalized spacial score (nSPS) is 22.6. The molecule has 84 valence electrons. The van der Waals surface area contributed by atoms with Crippen LogP contribution in [0.4, 0.5) is 0 Å². The Balaban J connectivity index is 2.99. The predicted molar refractivity (Wildman–Crippen MR) is 58.9 cm³/mol. The Morgan fingerprint density at radius 1 is 1.21 bits per heavy atom. The van der Waals surface area contributed by atoms with E-state index in [2.05, 4.69) is 0 Å². The van der Waals surface area contributed by atoms with Crippen LogP contribution in [0.25, 0.3) is 0 Å². The Bertz CT molecular complexity index is 276. The first-order valence-corrected chi connectivity index (χ1v) is 6.94. The van der Waals surface area contributed by atoms with Crippen LogP contribution in [0, 0.1) is 0 Å². The van der Waals surface area contributed by atoms with E-state index >= 15 is 0 Å². The molecule has 0 aromatic rings. The third-order valence-corrected chi connectivity index (χ3v) is 6.38. The molecule has 14 heavy (non-hydrogen) atoms. The van der Waals surface area contributed by atoms with E-state index in [-0.39, 0.29) is 11.8 Å². The van der Waals surface area contributed by atoms with E-state index in [1.54, 1.807) is 13.8 Å². The molecule has 0 aromatic heterocycles. The lowest BCUT2D eigenvalue weighted by atomic mass is 9.88. The van der Waals surface area contributed by atoms with E-state index in [0.29, 0.717) is 0 Å². The van der Waals surface area contributed by atoms with E-state index in [1.165, 1.54) is 0 Å². The van der Waals surface area contributed by atoms with Gasteiger partial charge in [-0.3, -0.25) is 0 Å². The summed E-state index contributed by atoms with van der Waals surface area (Å²) in [6.07, 6.45) is 4.66. The second kappa shape index (κ2) is 4.19. The summed E-state index contributed by atoms with van der Waals surface area (Å²) < 4.78 is 23.7. The quantitative estimate of drug-likeness (QED) is 0.782. The molecule has 0 heterocycles. The van der Waals surface area contributed by atoms with Gasteiger partial charge < -0.3 is 5.73 Å². The van der Waals surface area contributed by atoms with E-state index in [1.807, 2.05) is 0 Å². The minimum absolute atomic E-state index is 0.285. The van der Waals surface area contributed by atoms with Gasteiger partial charge >= 0.3 is 0 Å². The fraction of sp³-hybridized carbons (Fsp3) is 1.00. The Hall–Kier alpha value is -0.0900. The summed E-state index contributed by atoms with van der Waals surface area (Å²) in [5, 5.41) is -0.302. The molecule has 0 aliphatic heterocycles. The summed E-state index contributed by atoms with van der Waals surface area (Å²) in [5.41, 5.74) is 5.68. The van der Waals surface area contributed by atoms with Crippen LogP contribution >= 0.6 is 0 Å². The summed E-state index contributed by atoms with van der Waals surface area (Å²) in [7, 11) is -3.04. The maximum atomic E-state index is 12.2. The van der Waals surface area contributed by atoms with Gasteiger partial charge in [0.15, 0.2) is 9.84 Å². The number of sulfone groups is 1. The smallest absolute Gasteiger partial charge is 0.159 e. The van der Waals surface area contributed by atoms with Gasteiger partial charge in [0.05, 0.1) is 10.00 Å². The van der Waals surface area contributed by atoms with Crippen molar-refractivity contribution in [2.75, 3.05) is 6.54 Å². The first kappa shape index (κ1) is 12.0. The van der Waals surface area contributed by atoms with E-state index in [0.717, 1.165) is 32.1 Å². The molecule has 0 aromatic carbocycles.